The molecule has 2 atom stereocenters. The first-order valence-electron chi connectivity index (χ1n) is 6.50. The van der Waals surface area contributed by atoms with E-state index >= 15 is 0 Å². The third-order valence-electron chi connectivity index (χ3n) is 4.38. The van der Waals surface area contributed by atoms with Gasteiger partial charge < -0.3 is 4.74 Å². The van der Waals surface area contributed by atoms with Crippen LogP contribution in [0.4, 0.5) is 4.39 Å². The fraction of sp³-hybridized carbons (Fsp3) is 0.714. The van der Waals surface area contributed by atoms with Crippen LogP contribution in [0.5, 0.6) is 0 Å². The number of allylic oxidation sites excluding steroid dienone is 3. The average Bonchev–Trinajstić information content (AvgIpc) is 2.27. The maximum absolute atomic E-state index is 13.3. The van der Waals surface area contributed by atoms with Gasteiger partial charge in [0.2, 0.25) is 0 Å². The number of rotatable bonds is 1. The predicted octanol–water partition coefficient (Wildman–Crippen LogP) is 3.91. The van der Waals surface area contributed by atoms with E-state index in [2.05, 4.69) is 6.08 Å². The van der Waals surface area contributed by atoms with Crippen molar-refractivity contribution in [2.75, 3.05) is 6.61 Å². The zero-order valence-corrected chi connectivity index (χ0v) is 9.68. The fourth-order valence-electron chi connectivity index (χ4n) is 3.45. The summed E-state index contributed by atoms with van der Waals surface area (Å²) in [6.07, 6.45) is 11.5. The van der Waals surface area contributed by atoms with Gasteiger partial charge in [0.25, 0.3) is 0 Å². The Hall–Kier alpha value is -0.630. The summed E-state index contributed by atoms with van der Waals surface area (Å²) in [6.45, 7) is 0.899. The zero-order valence-electron chi connectivity index (χ0n) is 9.68. The number of hydrogen-bond donors (Lipinski definition) is 0. The summed E-state index contributed by atoms with van der Waals surface area (Å²) >= 11 is 0. The molecule has 0 bridgehead atoms. The number of halogens is 1. The van der Waals surface area contributed by atoms with Crippen molar-refractivity contribution < 1.29 is 9.13 Å². The lowest BCUT2D eigenvalue weighted by Gasteiger charge is -2.51. The van der Waals surface area contributed by atoms with E-state index < -0.39 is 0 Å². The van der Waals surface area contributed by atoms with Crippen molar-refractivity contribution in [1.29, 1.82) is 0 Å². The van der Waals surface area contributed by atoms with Crippen LogP contribution in [-0.4, -0.2) is 12.2 Å². The quantitative estimate of drug-likeness (QED) is 0.653. The minimum Gasteiger partial charge on any atom is -0.374 e. The molecule has 2 fully saturated rings. The van der Waals surface area contributed by atoms with E-state index in [9.17, 15) is 4.39 Å². The normalized spacial score (nSPS) is 38.9. The highest BCUT2D eigenvalue weighted by Gasteiger charge is 2.47. The van der Waals surface area contributed by atoms with Crippen molar-refractivity contribution in [3.8, 4) is 0 Å². The second-order valence-corrected chi connectivity index (χ2v) is 5.30. The molecule has 1 heterocycles. The van der Waals surface area contributed by atoms with Crippen LogP contribution in [0.3, 0.4) is 0 Å². The van der Waals surface area contributed by atoms with Crippen LogP contribution in [0.25, 0.3) is 0 Å². The lowest BCUT2D eigenvalue weighted by molar-refractivity contribution is -0.187. The molecule has 16 heavy (non-hydrogen) atoms. The van der Waals surface area contributed by atoms with Crippen molar-refractivity contribution in [1.82, 2.24) is 0 Å². The maximum Gasteiger partial charge on any atom is 0.100 e. The van der Waals surface area contributed by atoms with Crippen LogP contribution >= 0.6 is 0 Å². The first-order chi connectivity index (χ1) is 7.80. The second kappa shape index (κ2) is 3.99. The Morgan fingerprint density at radius 3 is 2.88 bits per heavy atom. The first-order valence-corrected chi connectivity index (χ1v) is 6.50. The summed E-state index contributed by atoms with van der Waals surface area (Å²) in [6, 6.07) is 0. The van der Waals surface area contributed by atoms with Crippen molar-refractivity contribution in [2.24, 2.45) is 5.92 Å². The molecule has 0 amide bonds. The highest BCUT2D eigenvalue weighted by atomic mass is 19.1. The Bertz CT molecular complexity index is 339. The van der Waals surface area contributed by atoms with Crippen LogP contribution in [0.15, 0.2) is 23.6 Å². The third-order valence-corrected chi connectivity index (χ3v) is 4.38. The Kier molecular flexibility index (Phi) is 2.62. The minimum absolute atomic E-state index is 0.0533. The molecule has 2 unspecified atom stereocenters. The Labute approximate surface area is 96.4 Å². The summed E-state index contributed by atoms with van der Waals surface area (Å²) in [7, 11) is 0. The van der Waals surface area contributed by atoms with Gasteiger partial charge in [0, 0.05) is 18.8 Å². The fourth-order valence-corrected chi connectivity index (χ4v) is 3.45. The van der Waals surface area contributed by atoms with Crippen LogP contribution in [0, 0.1) is 5.92 Å². The molecule has 0 radical (unpaired) electrons. The molecule has 0 aromatic rings. The molecule has 2 aliphatic carbocycles. The van der Waals surface area contributed by atoms with Gasteiger partial charge in [-0.25, -0.2) is 4.39 Å². The summed E-state index contributed by atoms with van der Waals surface area (Å²) in [5.74, 6) is 0.513. The van der Waals surface area contributed by atoms with Gasteiger partial charge in [0.15, 0.2) is 0 Å². The molecule has 1 nitrogen and oxygen atoms in total. The molecule has 2 heteroatoms. The maximum atomic E-state index is 13.3. The number of hydrogen-bond acceptors (Lipinski definition) is 1. The lowest BCUT2D eigenvalue weighted by Crippen LogP contribution is -2.52. The molecule has 1 aliphatic heterocycles. The van der Waals surface area contributed by atoms with Crippen LogP contribution in [0.2, 0.25) is 0 Å². The predicted molar refractivity (Wildman–Crippen MR) is 61.8 cm³/mol. The van der Waals surface area contributed by atoms with E-state index in [-0.39, 0.29) is 11.4 Å². The molecule has 0 aromatic carbocycles. The topological polar surface area (TPSA) is 9.23 Å². The Morgan fingerprint density at radius 2 is 2.19 bits per heavy atom. The molecule has 3 aliphatic rings. The van der Waals surface area contributed by atoms with E-state index in [0.29, 0.717) is 12.3 Å². The van der Waals surface area contributed by atoms with Gasteiger partial charge in [-0.05, 0) is 30.9 Å². The summed E-state index contributed by atoms with van der Waals surface area (Å²) in [4.78, 5) is 0. The van der Waals surface area contributed by atoms with Crippen molar-refractivity contribution in [3.63, 3.8) is 0 Å². The molecule has 3 rings (SSSR count). The molecule has 0 N–H and O–H groups in total. The van der Waals surface area contributed by atoms with E-state index in [1.54, 1.807) is 6.08 Å². The van der Waals surface area contributed by atoms with Gasteiger partial charge >= 0.3 is 0 Å². The third kappa shape index (κ3) is 1.64. The molecule has 1 saturated heterocycles. The molecule has 1 spiro atoms. The zero-order chi connectivity index (χ0) is 11.0. The molecule has 0 aromatic heterocycles. The Morgan fingerprint density at radius 1 is 1.31 bits per heavy atom. The monoisotopic (exact) mass is 222 g/mol. The van der Waals surface area contributed by atoms with Crippen molar-refractivity contribution in [2.45, 2.75) is 50.5 Å². The van der Waals surface area contributed by atoms with E-state index in [1.165, 1.54) is 37.7 Å². The van der Waals surface area contributed by atoms with Gasteiger partial charge in [0.05, 0.1) is 12.2 Å². The lowest BCUT2D eigenvalue weighted by atomic mass is 9.67. The first kappa shape index (κ1) is 10.5. The molecular formula is C14H19FO. The Balaban J connectivity index is 1.84. The van der Waals surface area contributed by atoms with E-state index in [4.69, 9.17) is 4.74 Å². The highest BCUT2D eigenvalue weighted by molar-refractivity contribution is 5.31. The van der Waals surface area contributed by atoms with Gasteiger partial charge in [-0.3, -0.25) is 0 Å². The summed E-state index contributed by atoms with van der Waals surface area (Å²) in [5.41, 5.74) is 1.29. The molecular weight excluding hydrogens is 203 g/mol. The van der Waals surface area contributed by atoms with Gasteiger partial charge in [-0.15, -0.1) is 0 Å². The minimum atomic E-state index is 0.0533. The van der Waals surface area contributed by atoms with E-state index in [0.717, 1.165) is 13.0 Å². The highest BCUT2D eigenvalue weighted by Crippen LogP contribution is 2.48. The van der Waals surface area contributed by atoms with E-state index in [1.807, 2.05) is 0 Å². The standard InChI is InChI=1S/C14H19FO/c15-12-5-3-4-11(10-12)13-6-1-2-7-14(13)8-9-16-14/h4,10,13H,1-3,5-9H2. The van der Waals surface area contributed by atoms with Crippen LogP contribution in [-0.2, 0) is 4.74 Å². The molecule has 1 saturated carbocycles. The largest absolute Gasteiger partial charge is 0.374 e. The van der Waals surface area contributed by atoms with Gasteiger partial charge in [0.1, 0.15) is 5.83 Å². The SMILES string of the molecule is FC1=CC(C2CCCCC23CCO3)=CCC1. The van der Waals surface area contributed by atoms with Crippen LogP contribution in [0.1, 0.15) is 44.9 Å². The van der Waals surface area contributed by atoms with Crippen molar-refractivity contribution in [3.05, 3.63) is 23.6 Å². The van der Waals surface area contributed by atoms with Gasteiger partial charge in [-0.1, -0.05) is 18.9 Å². The average molecular weight is 222 g/mol. The van der Waals surface area contributed by atoms with Gasteiger partial charge in [-0.2, -0.15) is 0 Å². The van der Waals surface area contributed by atoms with Crippen molar-refractivity contribution >= 4 is 0 Å². The van der Waals surface area contributed by atoms with Crippen LogP contribution < -0.4 is 0 Å². The number of ether oxygens (including phenoxy) is 1. The summed E-state index contributed by atoms with van der Waals surface area (Å²) < 4.78 is 19.2. The second-order valence-electron chi connectivity index (χ2n) is 5.30. The molecule has 88 valence electrons. The smallest absolute Gasteiger partial charge is 0.100 e. The summed E-state index contributed by atoms with van der Waals surface area (Å²) in [5, 5.41) is 0.